The summed E-state index contributed by atoms with van der Waals surface area (Å²) in [6.07, 6.45) is 0. The third-order valence-corrected chi connectivity index (χ3v) is 3.13. The maximum atomic E-state index is 13.7. The van der Waals surface area contributed by atoms with Gasteiger partial charge in [-0.1, -0.05) is 35.3 Å². The Balaban J connectivity index is 2.57. The number of halogens is 3. The van der Waals surface area contributed by atoms with Crippen LogP contribution in [0, 0.1) is 5.95 Å². The quantitative estimate of drug-likeness (QED) is 0.846. The zero-order valence-corrected chi connectivity index (χ0v) is 10.1. The number of aliphatic hydroxyl groups excluding tert-OH is 1. The second-order valence-electron chi connectivity index (χ2n) is 3.40. The molecule has 0 saturated carbocycles. The highest BCUT2D eigenvalue weighted by Gasteiger charge is 2.12. The third-order valence-electron chi connectivity index (χ3n) is 2.31. The molecule has 0 aliphatic carbocycles. The molecule has 2 rings (SSSR count). The summed E-state index contributed by atoms with van der Waals surface area (Å²) in [6, 6.07) is 8.03. The summed E-state index contributed by atoms with van der Waals surface area (Å²) in [5.74, 6) is -0.680. The van der Waals surface area contributed by atoms with E-state index in [0.717, 1.165) is 0 Å². The lowest BCUT2D eigenvalue weighted by atomic mass is 10.1. The monoisotopic (exact) mass is 271 g/mol. The number of rotatable bonds is 2. The van der Waals surface area contributed by atoms with E-state index >= 15 is 0 Å². The average Bonchev–Trinajstić information content (AvgIpc) is 2.33. The van der Waals surface area contributed by atoms with Crippen molar-refractivity contribution >= 4 is 23.2 Å². The van der Waals surface area contributed by atoms with E-state index in [4.69, 9.17) is 28.3 Å². The van der Waals surface area contributed by atoms with Crippen LogP contribution in [0.5, 0.6) is 0 Å². The summed E-state index contributed by atoms with van der Waals surface area (Å²) < 4.78 is 13.7. The van der Waals surface area contributed by atoms with Crippen LogP contribution in [0.2, 0.25) is 10.0 Å². The number of aromatic nitrogens is 1. The first-order valence-electron chi connectivity index (χ1n) is 4.84. The number of hydrogen-bond acceptors (Lipinski definition) is 2. The van der Waals surface area contributed by atoms with Gasteiger partial charge in [0.25, 0.3) is 0 Å². The van der Waals surface area contributed by atoms with E-state index in [1.54, 1.807) is 18.2 Å². The Bertz CT molecular complexity index is 560. The molecule has 0 unspecified atom stereocenters. The highest BCUT2D eigenvalue weighted by Crippen LogP contribution is 2.34. The maximum absolute atomic E-state index is 13.7. The van der Waals surface area contributed by atoms with Crippen LogP contribution in [0.25, 0.3) is 11.1 Å². The second-order valence-corrected chi connectivity index (χ2v) is 4.19. The van der Waals surface area contributed by atoms with E-state index < -0.39 is 5.95 Å². The topological polar surface area (TPSA) is 33.1 Å². The van der Waals surface area contributed by atoms with Crippen LogP contribution >= 0.6 is 23.2 Å². The van der Waals surface area contributed by atoms with Gasteiger partial charge in [-0.15, -0.1) is 0 Å². The first kappa shape index (κ1) is 12.3. The highest BCUT2D eigenvalue weighted by molar-refractivity contribution is 6.43. The molecule has 0 radical (unpaired) electrons. The molecule has 2 aromatic rings. The van der Waals surface area contributed by atoms with E-state index in [0.29, 0.717) is 10.6 Å². The van der Waals surface area contributed by atoms with Gasteiger partial charge in [0.1, 0.15) is 0 Å². The van der Waals surface area contributed by atoms with Crippen LogP contribution in [0.1, 0.15) is 5.69 Å². The van der Waals surface area contributed by atoms with Crippen molar-refractivity contribution < 1.29 is 9.50 Å². The van der Waals surface area contributed by atoms with E-state index in [-0.39, 0.29) is 22.9 Å². The number of aliphatic hydroxyl groups is 1. The van der Waals surface area contributed by atoms with Gasteiger partial charge in [0.15, 0.2) is 0 Å². The Morgan fingerprint density at radius 2 is 1.88 bits per heavy atom. The van der Waals surface area contributed by atoms with Gasteiger partial charge in [-0.05, 0) is 18.2 Å². The van der Waals surface area contributed by atoms with Gasteiger partial charge >= 0.3 is 0 Å². The fourth-order valence-electron chi connectivity index (χ4n) is 1.47. The molecule has 88 valence electrons. The number of pyridine rings is 1. The SMILES string of the molecule is OCc1ccc(-c2cccc(Cl)c2Cl)c(F)n1. The molecular formula is C12H8Cl2FNO. The van der Waals surface area contributed by atoms with E-state index in [9.17, 15) is 4.39 Å². The largest absolute Gasteiger partial charge is 0.390 e. The summed E-state index contributed by atoms with van der Waals surface area (Å²) in [4.78, 5) is 3.62. The Kier molecular flexibility index (Phi) is 3.62. The molecule has 0 saturated heterocycles. The fraction of sp³-hybridized carbons (Fsp3) is 0.0833. The van der Waals surface area contributed by atoms with Gasteiger partial charge in [-0.25, -0.2) is 4.98 Å². The number of benzene rings is 1. The minimum absolute atomic E-state index is 0.259. The van der Waals surface area contributed by atoms with Crippen molar-refractivity contribution in [3.63, 3.8) is 0 Å². The lowest BCUT2D eigenvalue weighted by molar-refractivity contribution is 0.275. The van der Waals surface area contributed by atoms with Crippen LogP contribution in [0.4, 0.5) is 4.39 Å². The van der Waals surface area contributed by atoms with Crippen molar-refractivity contribution in [2.24, 2.45) is 0 Å². The van der Waals surface area contributed by atoms with Crippen molar-refractivity contribution in [1.29, 1.82) is 0 Å². The van der Waals surface area contributed by atoms with E-state index in [1.165, 1.54) is 12.1 Å². The van der Waals surface area contributed by atoms with E-state index in [1.807, 2.05) is 0 Å². The predicted molar refractivity (Wildman–Crippen MR) is 65.6 cm³/mol. The summed E-state index contributed by atoms with van der Waals surface area (Å²) in [7, 11) is 0. The van der Waals surface area contributed by atoms with Gasteiger partial charge < -0.3 is 5.11 Å². The molecule has 0 fully saturated rings. The zero-order valence-electron chi connectivity index (χ0n) is 8.62. The van der Waals surface area contributed by atoms with E-state index in [2.05, 4.69) is 4.98 Å². The molecule has 2 nitrogen and oxygen atoms in total. The minimum Gasteiger partial charge on any atom is -0.390 e. The molecule has 5 heteroatoms. The molecule has 0 aliphatic heterocycles. The molecule has 17 heavy (non-hydrogen) atoms. The molecule has 0 bridgehead atoms. The van der Waals surface area contributed by atoms with Crippen molar-refractivity contribution in [1.82, 2.24) is 4.98 Å². The van der Waals surface area contributed by atoms with Crippen LogP contribution in [-0.4, -0.2) is 10.1 Å². The summed E-state index contributed by atoms with van der Waals surface area (Å²) in [5, 5.41) is 9.49. The zero-order chi connectivity index (χ0) is 12.4. The standard InChI is InChI=1S/C12H8Cl2FNO/c13-10-3-1-2-8(11(10)14)9-5-4-7(6-17)16-12(9)15/h1-5,17H,6H2. The van der Waals surface area contributed by atoms with Crippen molar-refractivity contribution in [2.75, 3.05) is 0 Å². The molecular weight excluding hydrogens is 264 g/mol. The first-order valence-corrected chi connectivity index (χ1v) is 5.59. The molecule has 0 spiro atoms. The van der Waals surface area contributed by atoms with Crippen LogP contribution in [0.15, 0.2) is 30.3 Å². The van der Waals surface area contributed by atoms with Gasteiger partial charge in [0, 0.05) is 11.1 Å². The molecule has 0 aliphatic rings. The fourth-order valence-corrected chi connectivity index (χ4v) is 1.87. The highest BCUT2D eigenvalue weighted by atomic mass is 35.5. The predicted octanol–water partition coefficient (Wildman–Crippen LogP) is 3.69. The van der Waals surface area contributed by atoms with Crippen molar-refractivity contribution in [2.45, 2.75) is 6.61 Å². The lowest BCUT2D eigenvalue weighted by Gasteiger charge is -2.07. The van der Waals surface area contributed by atoms with Gasteiger partial charge in [0.2, 0.25) is 5.95 Å². The Labute approximate surface area is 108 Å². The Hall–Kier alpha value is -1.16. The maximum Gasteiger partial charge on any atom is 0.221 e. The lowest BCUT2D eigenvalue weighted by Crippen LogP contribution is -1.95. The smallest absolute Gasteiger partial charge is 0.221 e. The van der Waals surface area contributed by atoms with Crippen molar-refractivity contribution in [3.8, 4) is 11.1 Å². The van der Waals surface area contributed by atoms with Gasteiger partial charge in [-0.2, -0.15) is 4.39 Å². The van der Waals surface area contributed by atoms with Crippen LogP contribution in [0.3, 0.4) is 0 Å². The first-order chi connectivity index (χ1) is 8.13. The normalized spacial score (nSPS) is 10.6. The summed E-state index contributed by atoms with van der Waals surface area (Å²) >= 11 is 11.9. The Morgan fingerprint density at radius 1 is 1.12 bits per heavy atom. The van der Waals surface area contributed by atoms with Crippen LogP contribution in [-0.2, 0) is 6.61 Å². The second kappa shape index (κ2) is 5.00. The van der Waals surface area contributed by atoms with Gasteiger partial charge in [-0.3, -0.25) is 0 Å². The molecule has 1 heterocycles. The molecule has 0 amide bonds. The minimum atomic E-state index is -0.680. The summed E-state index contributed by atoms with van der Waals surface area (Å²) in [5.41, 5.74) is 1.01. The molecule has 0 atom stereocenters. The van der Waals surface area contributed by atoms with Crippen LogP contribution < -0.4 is 0 Å². The molecule has 1 aromatic carbocycles. The molecule has 1 N–H and O–H groups in total. The van der Waals surface area contributed by atoms with Gasteiger partial charge in [0.05, 0.1) is 22.3 Å². The average molecular weight is 272 g/mol. The molecule has 1 aromatic heterocycles. The number of nitrogens with zero attached hydrogens (tertiary/aromatic N) is 1. The summed E-state index contributed by atoms with van der Waals surface area (Å²) in [6.45, 7) is -0.305. The Morgan fingerprint density at radius 3 is 2.53 bits per heavy atom. The third kappa shape index (κ3) is 2.41. The van der Waals surface area contributed by atoms with Crippen molar-refractivity contribution in [3.05, 3.63) is 52.0 Å². The number of hydrogen-bond donors (Lipinski definition) is 1.